The second-order valence-corrected chi connectivity index (χ2v) is 3.81. The number of carbonyl (C=O) groups is 1. The van der Waals surface area contributed by atoms with Crippen molar-refractivity contribution in [1.82, 2.24) is 10.3 Å². The maximum atomic E-state index is 11.8. The molecule has 0 spiro atoms. The van der Waals surface area contributed by atoms with Crippen LogP contribution < -0.4 is 11.1 Å². The Morgan fingerprint density at radius 2 is 2.13 bits per heavy atom. The molecule has 0 saturated heterocycles. The van der Waals surface area contributed by atoms with Crippen LogP contribution in [0, 0.1) is 0 Å². The molecule has 0 aliphatic carbocycles. The summed E-state index contributed by atoms with van der Waals surface area (Å²) in [6, 6.07) is 3.36. The fourth-order valence-electron chi connectivity index (χ4n) is 1.13. The van der Waals surface area contributed by atoms with E-state index in [1.807, 2.05) is 13.8 Å². The number of rotatable bonds is 4. The molecule has 4 heteroatoms. The van der Waals surface area contributed by atoms with Crippen LogP contribution in [0.1, 0.15) is 30.6 Å². The predicted octanol–water partition coefficient (Wildman–Crippen LogP) is 0.939. The van der Waals surface area contributed by atoms with Gasteiger partial charge in [-0.1, -0.05) is 6.92 Å². The largest absolute Gasteiger partial charge is 0.346 e. The van der Waals surface area contributed by atoms with Gasteiger partial charge in [-0.2, -0.15) is 0 Å². The normalized spacial score (nSPS) is 14.3. The summed E-state index contributed by atoms with van der Waals surface area (Å²) < 4.78 is 0. The van der Waals surface area contributed by atoms with Gasteiger partial charge in [0.2, 0.25) is 0 Å². The van der Waals surface area contributed by atoms with Gasteiger partial charge >= 0.3 is 0 Å². The molecule has 15 heavy (non-hydrogen) atoms. The van der Waals surface area contributed by atoms with Gasteiger partial charge in [0.1, 0.15) is 0 Å². The van der Waals surface area contributed by atoms with E-state index in [4.69, 9.17) is 5.73 Å². The van der Waals surface area contributed by atoms with Crippen LogP contribution in [0.4, 0.5) is 0 Å². The van der Waals surface area contributed by atoms with E-state index in [1.54, 1.807) is 24.5 Å². The van der Waals surface area contributed by atoms with Gasteiger partial charge in [0, 0.05) is 30.0 Å². The van der Waals surface area contributed by atoms with Crippen molar-refractivity contribution in [3.63, 3.8) is 0 Å². The molecule has 0 radical (unpaired) electrons. The van der Waals surface area contributed by atoms with Crippen LogP contribution in [0.5, 0.6) is 0 Å². The molecule has 0 aliphatic rings. The van der Waals surface area contributed by atoms with Crippen LogP contribution in [0.25, 0.3) is 0 Å². The summed E-state index contributed by atoms with van der Waals surface area (Å²) in [6.07, 6.45) is 4.00. The molecule has 0 fully saturated rings. The zero-order chi connectivity index (χ0) is 11.3. The van der Waals surface area contributed by atoms with Crippen molar-refractivity contribution in [2.45, 2.75) is 25.8 Å². The van der Waals surface area contributed by atoms with Gasteiger partial charge in [-0.25, -0.2) is 0 Å². The number of nitrogens with two attached hydrogens (primary N) is 1. The van der Waals surface area contributed by atoms with Gasteiger partial charge in [0.05, 0.1) is 0 Å². The summed E-state index contributed by atoms with van der Waals surface area (Å²) in [6.45, 7) is 4.37. The van der Waals surface area contributed by atoms with Crippen LogP contribution >= 0.6 is 0 Å². The highest BCUT2D eigenvalue weighted by Gasteiger charge is 2.22. The molecule has 1 aromatic heterocycles. The smallest absolute Gasteiger partial charge is 0.251 e. The van der Waals surface area contributed by atoms with Gasteiger partial charge in [0.15, 0.2) is 0 Å². The first kappa shape index (κ1) is 11.7. The topological polar surface area (TPSA) is 68.0 Å². The van der Waals surface area contributed by atoms with Crippen LogP contribution in [0.3, 0.4) is 0 Å². The molecule has 1 rings (SSSR count). The van der Waals surface area contributed by atoms with Gasteiger partial charge < -0.3 is 11.1 Å². The average molecular weight is 207 g/mol. The molecule has 1 amide bonds. The minimum Gasteiger partial charge on any atom is -0.346 e. The number of pyridine rings is 1. The molecule has 0 saturated carbocycles. The molecule has 3 N–H and O–H groups in total. The van der Waals surface area contributed by atoms with Crippen molar-refractivity contribution in [2.75, 3.05) is 6.54 Å². The van der Waals surface area contributed by atoms with Crippen molar-refractivity contribution < 1.29 is 4.79 Å². The summed E-state index contributed by atoms with van der Waals surface area (Å²) in [5, 5.41) is 2.92. The number of carbonyl (C=O) groups excluding carboxylic acids is 1. The predicted molar refractivity (Wildman–Crippen MR) is 59.5 cm³/mol. The number of nitrogens with one attached hydrogen (secondary N) is 1. The quantitative estimate of drug-likeness (QED) is 0.772. The molecule has 0 aliphatic heterocycles. The Morgan fingerprint density at radius 1 is 1.53 bits per heavy atom. The fraction of sp³-hybridized carbons (Fsp3) is 0.455. The molecule has 0 bridgehead atoms. The SMILES string of the molecule is CCC(C)(CN)NC(=O)c1ccncc1. The number of aromatic nitrogens is 1. The lowest BCUT2D eigenvalue weighted by molar-refractivity contribution is 0.0906. The highest BCUT2D eigenvalue weighted by molar-refractivity contribution is 5.94. The molecule has 1 atom stereocenters. The Balaban J connectivity index is 2.72. The van der Waals surface area contributed by atoms with E-state index in [1.165, 1.54) is 0 Å². The molecule has 82 valence electrons. The summed E-state index contributed by atoms with van der Waals surface area (Å²) in [4.78, 5) is 15.6. The van der Waals surface area contributed by atoms with E-state index in [2.05, 4.69) is 10.3 Å². The summed E-state index contributed by atoms with van der Waals surface area (Å²) >= 11 is 0. The van der Waals surface area contributed by atoms with E-state index in [9.17, 15) is 4.79 Å². The second-order valence-electron chi connectivity index (χ2n) is 3.81. The van der Waals surface area contributed by atoms with Gasteiger partial charge in [-0.3, -0.25) is 9.78 Å². The Bertz CT molecular complexity index is 320. The zero-order valence-electron chi connectivity index (χ0n) is 9.16. The Morgan fingerprint density at radius 3 is 2.60 bits per heavy atom. The monoisotopic (exact) mass is 207 g/mol. The molecular weight excluding hydrogens is 190 g/mol. The maximum absolute atomic E-state index is 11.8. The highest BCUT2D eigenvalue weighted by Crippen LogP contribution is 2.08. The number of hydrogen-bond acceptors (Lipinski definition) is 3. The number of amides is 1. The Labute approximate surface area is 89.9 Å². The number of hydrogen-bond donors (Lipinski definition) is 2. The lowest BCUT2D eigenvalue weighted by atomic mass is 9.99. The van der Waals surface area contributed by atoms with E-state index in [0.29, 0.717) is 12.1 Å². The van der Waals surface area contributed by atoms with Crippen LogP contribution in [-0.4, -0.2) is 23.0 Å². The van der Waals surface area contributed by atoms with Crippen molar-refractivity contribution in [3.8, 4) is 0 Å². The average Bonchev–Trinajstić information content (AvgIpc) is 2.30. The molecule has 1 aromatic rings. The Kier molecular flexibility index (Phi) is 3.80. The minimum absolute atomic E-state index is 0.104. The first-order valence-corrected chi connectivity index (χ1v) is 5.04. The van der Waals surface area contributed by atoms with Crippen molar-refractivity contribution in [1.29, 1.82) is 0 Å². The van der Waals surface area contributed by atoms with Crippen LogP contribution in [0.15, 0.2) is 24.5 Å². The molecule has 1 unspecified atom stereocenters. The van der Waals surface area contributed by atoms with E-state index >= 15 is 0 Å². The van der Waals surface area contributed by atoms with E-state index in [-0.39, 0.29) is 11.4 Å². The fourth-order valence-corrected chi connectivity index (χ4v) is 1.13. The van der Waals surface area contributed by atoms with Gasteiger partial charge in [-0.05, 0) is 25.5 Å². The lowest BCUT2D eigenvalue weighted by Crippen LogP contribution is -2.50. The third kappa shape index (κ3) is 3.02. The summed E-state index contributed by atoms with van der Waals surface area (Å²) in [7, 11) is 0. The minimum atomic E-state index is -0.333. The number of nitrogens with zero attached hydrogens (tertiary/aromatic N) is 1. The van der Waals surface area contributed by atoms with Crippen molar-refractivity contribution in [3.05, 3.63) is 30.1 Å². The summed E-state index contributed by atoms with van der Waals surface area (Å²) in [5.41, 5.74) is 5.89. The molecule has 4 nitrogen and oxygen atoms in total. The first-order valence-electron chi connectivity index (χ1n) is 5.04. The van der Waals surface area contributed by atoms with E-state index < -0.39 is 0 Å². The third-order valence-corrected chi connectivity index (χ3v) is 2.59. The van der Waals surface area contributed by atoms with Crippen LogP contribution in [-0.2, 0) is 0 Å². The summed E-state index contributed by atoms with van der Waals surface area (Å²) in [5.74, 6) is -0.104. The van der Waals surface area contributed by atoms with Crippen molar-refractivity contribution in [2.24, 2.45) is 5.73 Å². The maximum Gasteiger partial charge on any atom is 0.251 e. The lowest BCUT2D eigenvalue weighted by Gasteiger charge is -2.27. The third-order valence-electron chi connectivity index (χ3n) is 2.59. The highest BCUT2D eigenvalue weighted by atomic mass is 16.1. The second kappa shape index (κ2) is 4.89. The molecular formula is C11H17N3O. The van der Waals surface area contributed by atoms with E-state index in [0.717, 1.165) is 6.42 Å². The van der Waals surface area contributed by atoms with Gasteiger partial charge in [-0.15, -0.1) is 0 Å². The Hall–Kier alpha value is -1.42. The van der Waals surface area contributed by atoms with Gasteiger partial charge in [0.25, 0.3) is 5.91 Å². The van der Waals surface area contributed by atoms with Crippen molar-refractivity contribution >= 4 is 5.91 Å². The van der Waals surface area contributed by atoms with Crippen LogP contribution in [0.2, 0.25) is 0 Å². The molecule has 0 aromatic carbocycles. The molecule has 1 heterocycles. The standard InChI is InChI=1S/C11H17N3O/c1-3-11(2,8-12)14-10(15)9-4-6-13-7-5-9/h4-7H,3,8,12H2,1-2H3,(H,14,15). The zero-order valence-corrected chi connectivity index (χ0v) is 9.16. The first-order chi connectivity index (χ1) is 7.11.